The molecule has 3 aliphatic rings. The molecule has 2 aliphatic carbocycles. The molecule has 0 amide bonds. The summed E-state index contributed by atoms with van der Waals surface area (Å²) in [6.07, 6.45) is 13.9. The lowest BCUT2D eigenvalue weighted by Gasteiger charge is -2.40. The van der Waals surface area contributed by atoms with Crippen LogP contribution in [0, 0.1) is 5.92 Å². The Balaban J connectivity index is 1.59. The first-order valence-corrected chi connectivity index (χ1v) is 9.55. The summed E-state index contributed by atoms with van der Waals surface area (Å²) >= 11 is 2.16. The highest BCUT2D eigenvalue weighted by Crippen LogP contribution is 2.40. The average molecular weight is 282 g/mol. The van der Waals surface area contributed by atoms with E-state index in [9.17, 15) is 0 Å². The molecule has 3 rings (SSSR count). The molecule has 1 heterocycles. The summed E-state index contributed by atoms with van der Waals surface area (Å²) in [5.41, 5.74) is 0. The lowest BCUT2D eigenvalue weighted by molar-refractivity contribution is 0.211. The third-order valence-corrected chi connectivity index (χ3v) is 6.82. The largest absolute Gasteiger partial charge is 0.312 e. The first-order chi connectivity index (χ1) is 9.31. The molecule has 2 saturated carbocycles. The molecule has 0 radical (unpaired) electrons. The predicted molar refractivity (Wildman–Crippen MR) is 84.9 cm³/mol. The Labute approximate surface area is 123 Å². The van der Waals surface area contributed by atoms with Gasteiger partial charge in [-0.15, -0.1) is 0 Å². The summed E-state index contributed by atoms with van der Waals surface area (Å²) in [5.74, 6) is 0.997. The summed E-state index contributed by atoms with van der Waals surface area (Å²) in [6, 6.07) is 0.796. The zero-order chi connectivity index (χ0) is 13.1. The van der Waals surface area contributed by atoms with Crippen LogP contribution in [0.1, 0.15) is 51.4 Å². The highest BCUT2D eigenvalue weighted by atomic mass is 32.2. The number of rotatable bonds is 4. The van der Waals surface area contributed by atoms with E-state index in [4.69, 9.17) is 0 Å². The maximum absolute atomic E-state index is 3.79. The zero-order valence-electron chi connectivity index (χ0n) is 12.5. The van der Waals surface area contributed by atoms with Crippen molar-refractivity contribution in [3.05, 3.63) is 0 Å². The second kappa shape index (κ2) is 6.36. The Morgan fingerprint density at radius 1 is 1.16 bits per heavy atom. The molecule has 1 saturated heterocycles. The van der Waals surface area contributed by atoms with Gasteiger partial charge in [0.05, 0.1) is 0 Å². The molecule has 3 fully saturated rings. The van der Waals surface area contributed by atoms with E-state index in [-0.39, 0.29) is 0 Å². The Morgan fingerprint density at radius 2 is 1.95 bits per heavy atom. The number of thioether (sulfide) groups is 1. The van der Waals surface area contributed by atoms with Crippen molar-refractivity contribution in [1.29, 1.82) is 0 Å². The van der Waals surface area contributed by atoms with Crippen molar-refractivity contribution in [3.8, 4) is 0 Å². The van der Waals surface area contributed by atoms with Crippen LogP contribution in [-0.2, 0) is 0 Å². The average Bonchev–Trinajstić information content (AvgIpc) is 3.26. The van der Waals surface area contributed by atoms with E-state index in [1.165, 1.54) is 77.5 Å². The van der Waals surface area contributed by atoms with Crippen molar-refractivity contribution < 1.29 is 0 Å². The van der Waals surface area contributed by atoms with Crippen molar-refractivity contribution in [1.82, 2.24) is 10.2 Å². The van der Waals surface area contributed by atoms with Gasteiger partial charge in [-0.25, -0.2) is 0 Å². The van der Waals surface area contributed by atoms with Gasteiger partial charge in [0.25, 0.3) is 0 Å². The molecule has 1 unspecified atom stereocenters. The van der Waals surface area contributed by atoms with Crippen molar-refractivity contribution in [2.45, 2.75) is 62.2 Å². The van der Waals surface area contributed by atoms with E-state index in [2.05, 4.69) is 28.2 Å². The molecule has 19 heavy (non-hydrogen) atoms. The van der Waals surface area contributed by atoms with Crippen LogP contribution < -0.4 is 5.32 Å². The van der Waals surface area contributed by atoms with Crippen LogP contribution in [-0.4, -0.2) is 48.1 Å². The van der Waals surface area contributed by atoms with Crippen LogP contribution in [0.2, 0.25) is 0 Å². The van der Waals surface area contributed by atoms with E-state index >= 15 is 0 Å². The SMILES string of the molecule is CSC1(CN2CCCNC(C3CC3)C2)CCCCC1. The van der Waals surface area contributed by atoms with Crippen molar-refractivity contribution >= 4 is 11.8 Å². The minimum Gasteiger partial charge on any atom is -0.312 e. The van der Waals surface area contributed by atoms with Crippen LogP contribution in [0.4, 0.5) is 0 Å². The van der Waals surface area contributed by atoms with Crippen molar-refractivity contribution in [3.63, 3.8) is 0 Å². The Hall–Kier alpha value is 0.270. The second-order valence-electron chi connectivity index (χ2n) is 6.93. The normalized spacial score (nSPS) is 33.0. The molecule has 110 valence electrons. The van der Waals surface area contributed by atoms with Gasteiger partial charge in [0.15, 0.2) is 0 Å². The van der Waals surface area contributed by atoms with Crippen molar-refractivity contribution in [2.75, 3.05) is 32.4 Å². The van der Waals surface area contributed by atoms with Crippen LogP contribution >= 0.6 is 11.8 Å². The van der Waals surface area contributed by atoms with Gasteiger partial charge in [0.1, 0.15) is 0 Å². The maximum atomic E-state index is 3.79. The molecule has 0 aromatic heterocycles. The van der Waals surface area contributed by atoms with Gasteiger partial charge in [0.2, 0.25) is 0 Å². The predicted octanol–water partition coefficient (Wildman–Crippen LogP) is 3.13. The molecule has 3 heteroatoms. The third-order valence-electron chi connectivity index (χ3n) is 5.41. The Kier molecular flexibility index (Phi) is 4.76. The van der Waals surface area contributed by atoms with E-state index < -0.39 is 0 Å². The van der Waals surface area contributed by atoms with Gasteiger partial charge >= 0.3 is 0 Å². The molecule has 0 bridgehead atoms. The minimum absolute atomic E-state index is 0.580. The zero-order valence-corrected chi connectivity index (χ0v) is 13.3. The van der Waals surface area contributed by atoms with Gasteiger partial charge in [-0.2, -0.15) is 11.8 Å². The molecule has 0 aromatic carbocycles. The molecule has 1 aliphatic heterocycles. The highest BCUT2D eigenvalue weighted by molar-refractivity contribution is 8.00. The van der Waals surface area contributed by atoms with Crippen LogP contribution in [0.3, 0.4) is 0 Å². The summed E-state index contributed by atoms with van der Waals surface area (Å²) < 4.78 is 0.580. The van der Waals surface area contributed by atoms with E-state index in [1.807, 2.05) is 0 Å². The molecule has 2 nitrogen and oxygen atoms in total. The number of hydrogen-bond donors (Lipinski definition) is 1. The lowest BCUT2D eigenvalue weighted by Crippen LogP contribution is -2.46. The summed E-state index contributed by atoms with van der Waals surface area (Å²) in [6.45, 7) is 5.22. The lowest BCUT2D eigenvalue weighted by atomic mass is 9.87. The molecule has 0 aromatic rings. The first kappa shape index (κ1) is 14.2. The smallest absolute Gasteiger partial charge is 0.0284 e. The van der Waals surface area contributed by atoms with E-state index in [0.717, 1.165) is 12.0 Å². The van der Waals surface area contributed by atoms with E-state index in [1.54, 1.807) is 0 Å². The standard InChI is InChI=1S/C16H30N2S/c1-19-16(8-3-2-4-9-16)13-18-11-5-10-17-15(12-18)14-6-7-14/h14-15,17H,2-13H2,1H3. The molecule has 1 N–H and O–H groups in total. The van der Waals surface area contributed by atoms with Crippen LogP contribution in [0.25, 0.3) is 0 Å². The molecule has 0 spiro atoms. The first-order valence-electron chi connectivity index (χ1n) is 8.32. The summed E-state index contributed by atoms with van der Waals surface area (Å²) in [5, 5.41) is 3.79. The van der Waals surface area contributed by atoms with Gasteiger partial charge in [-0.05, 0) is 57.4 Å². The van der Waals surface area contributed by atoms with Crippen molar-refractivity contribution in [2.24, 2.45) is 5.92 Å². The van der Waals surface area contributed by atoms with Gasteiger partial charge < -0.3 is 10.2 Å². The monoisotopic (exact) mass is 282 g/mol. The fraction of sp³-hybridized carbons (Fsp3) is 1.00. The Morgan fingerprint density at radius 3 is 2.63 bits per heavy atom. The topological polar surface area (TPSA) is 15.3 Å². The fourth-order valence-electron chi connectivity index (χ4n) is 4.01. The number of nitrogens with one attached hydrogen (secondary N) is 1. The van der Waals surface area contributed by atoms with Gasteiger partial charge in [-0.3, -0.25) is 0 Å². The highest BCUT2D eigenvalue weighted by Gasteiger charge is 2.37. The maximum Gasteiger partial charge on any atom is 0.0284 e. The van der Waals surface area contributed by atoms with Gasteiger partial charge in [0, 0.05) is 23.9 Å². The number of nitrogens with zero attached hydrogens (tertiary/aromatic N) is 1. The third kappa shape index (κ3) is 3.68. The molecular weight excluding hydrogens is 252 g/mol. The van der Waals surface area contributed by atoms with E-state index in [0.29, 0.717) is 4.75 Å². The fourth-order valence-corrected chi connectivity index (χ4v) is 5.02. The minimum atomic E-state index is 0.580. The summed E-state index contributed by atoms with van der Waals surface area (Å²) in [4.78, 5) is 2.80. The van der Waals surface area contributed by atoms with Crippen LogP contribution in [0.15, 0.2) is 0 Å². The Bertz CT molecular complexity index is 284. The quantitative estimate of drug-likeness (QED) is 0.853. The molecule has 1 atom stereocenters. The second-order valence-corrected chi connectivity index (χ2v) is 8.21. The summed E-state index contributed by atoms with van der Waals surface area (Å²) in [7, 11) is 0. The van der Waals surface area contributed by atoms with Crippen LogP contribution in [0.5, 0.6) is 0 Å². The molecular formula is C16H30N2S. The number of hydrogen-bond acceptors (Lipinski definition) is 3. The van der Waals surface area contributed by atoms with Gasteiger partial charge in [-0.1, -0.05) is 19.3 Å².